The van der Waals surface area contributed by atoms with E-state index in [2.05, 4.69) is 5.10 Å². The minimum Gasteiger partial charge on any atom is -0.477 e. The number of alkyl halides is 1. The van der Waals surface area contributed by atoms with Crippen LogP contribution in [0.1, 0.15) is 19.3 Å². The van der Waals surface area contributed by atoms with E-state index in [0.717, 1.165) is 5.01 Å². The number of carboxylic acid groups (broad SMARTS) is 1. The van der Waals surface area contributed by atoms with Crippen LogP contribution < -0.4 is 0 Å². The van der Waals surface area contributed by atoms with Gasteiger partial charge < -0.3 is 5.11 Å². The van der Waals surface area contributed by atoms with Gasteiger partial charge in [-0.2, -0.15) is 5.10 Å². The molecule has 1 aliphatic rings. The number of rotatable bonds is 4. The number of aliphatic carboxylic acids is 1. The van der Waals surface area contributed by atoms with Crippen LogP contribution in [0.3, 0.4) is 0 Å². The summed E-state index contributed by atoms with van der Waals surface area (Å²) in [5.74, 6) is -1.37. The summed E-state index contributed by atoms with van der Waals surface area (Å²) in [5.41, 5.74) is -0.0385. The Morgan fingerprint density at radius 3 is 2.86 bits per heavy atom. The molecule has 14 heavy (non-hydrogen) atoms. The number of nitrogens with zero attached hydrogens (tertiary/aromatic N) is 2. The maximum atomic E-state index is 11.8. The van der Waals surface area contributed by atoms with Gasteiger partial charge in [-0.3, -0.25) is 9.18 Å². The van der Waals surface area contributed by atoms with Crippen LogP contribution in [0, 0.1) is 0 Å². The van der Waals surface area contributed by atoms with Gasteiger partial charge >= 0.3 is 5.97 Å². The van der Waals surface area contributed by atoms with Crippen molar-refractivity contribution in [1.29, 1.82) is 0 Å². The van der Waals surface area contributed by atoms with Crippen LogP contribution >= 0.6 is 0 Å². The molecule has 0 aliphatic carbocycles. The van der Waals surface area contributed by atoms with Crippen molar-refractivity contribution in [3.8, 4) is 0 Å². The molecule has 0 fully saturated rings. The first-order valence-electron chi connectivity index (χ1n) is 4.32. The van der Waals surface area contributed by atoms with Gasteiger partial charge in [-0.15, -0.1) is 0 Å². The molecule has 1 amide bonds. The molecule has 0 bridgehead atoms. The Labute approximate surface area is 80.2 Å². The van der Waals surface area contributed by atoms with Gasteiger partial charge in [0.05, 0.1) is 6.67 Å². The van der Waals surface area contributed by atoms with Crippen LogP contribution in [0.25, 0.3) is 0 Å². The number of carbonyl (C=O) groups excluding carboxylic acids is 1. The van der Waals surface area contributed by atoms with E-state index in [4.69, 9.17) is 5.11 Å². The third-order valence-corrected chi connectivity index (χ3v) is 1.86. The molecule has 0 radical (unpaired) electrons. The number of carbonyl (C=O) groups is 2. The molecule has 5 nitrogen and oxygen atoms in total. The average molecular weight is 202 g/mol. The molecule has 1 heterocycles. The molecule has 0 saturated heterocycles. The quantitative estimate of drug-likeness (QED) is 0.717. The number of amides is 1. The van der Waals surface area contributed by atoms with Gasteiger partial charge in [0.25, 0.3) is 0 Å². The van der Waals surface area contributed by atoms with Crippen molar-refractivity contribution in [1.82, 2.24) is 5.01 Å². The smallest absolute Gasteiger partial charge is 0.352 e. The number of carboxylic acids is 1. The maximum Gasteiger partial charge on any atom is 0.352 e. The highest BCUT2D eigenvalue weighted by atomic mass is 19.1. The SMILES string of the molecule is O=C(O)C1=NN(CCCF)C(=O)CC1. The van der Waals surface area contributed by atoms with Crippen molar-refractivity contribution in [2.24, 2.45) is 5.10 Å². The first kappa shape index (κ1) is 10.6. The van der Waals surface area contributed by atoms with Crippen molar-refractivity contribution >= 4 is 17.6 Å². The zero-order valence-corrected chi connectivity index (χ0v) is 7.57. The summed E-state index contributed by atoms with van der Waals surface area (Å²) >= 11 is 0. The number of hydrazone groups is 1. The van der Waals surface area contributed by atoms with Gasteiger partial charge in [0.2, 0.25) is 5.91 Å². The van der Waals surface area contributed by atoms with Crippen molar-refractivity contribution in [2.45, 2.75) is 19.3 Å². The van der Waals surface area contributed by atoms with Gasteiger partial charge in [0.1, 0.15) is 5.71 Å². The van der Waals surface area contributed by atoms with Crippen LogP contribution in [-0.2, 0) is 9.59 Å². The fourth-order valence-corrected chi connectivity index (χ4v) is 1.14. The van der Waals surface area contributed by atoms with Crippen LogP contribution in [0.4, 0.5) is 4.39 Å². The molecule has 1 rings (SSSR count). The van der Waals surface area contributed by atoms with Gasteiger partial charge in [-0.05, 0) is 6.42 Å². The minimum absolute atomic E-state index is 0.0385. The van der Waals surface area contributed by atoms with E-state index in [1.165, 1.54) is 0 Å². The van der Waals surface area contributed by atoms with E-state index < -0.39 is 12.6 Å². The van der Waals surface area contributed by atoms with Crippen molar-refractivity contribution in [3.63, 3.8) is 0 Å². The molecular weight excluding hydrogens is 191 g/mol. The van der Waals surface area contributed by atoms with Gasteiger partial charge in [-0.25, -0.2) is 9.80 Å². The highest BCUT2D eigenvalue weighted by Crippen LogP contribution is 2.09. The van der Waals surface area contributed by atoms with E-state index in [-0.39, 0.29) is 37.4 Å². The average Bonchev–Trinajstić information content (AvgIpc) is 2.16. The van der Waals surface area contributed by atoms with Gasteiger partial charge in [0.15, 0.2) is 0 Å². The molecule has 1 aliphatic heterocycles. The molecule has 0 saturated carbocycles. The highest BCUT2D eigenvalue weighted by molar-refractivity contribution is 6.36. The van der Waals surface area contributed by atoms with E-state index in [9.17, 15) is 14.0 Å². The Balaban J connectivity index is 2.65. The van der Waals surface area contributed by atoms with Gasteiger partial charge in [0, 0.05) is 19.4 Å². The zero-order chi connectivity index (χ0) is 10.6. The minimum atomic E-state index is -1.12. The standard InChI is InChI=1S/C8H11FN2O3/c9-4-1-5-11-7(12)3-2-6(10-11)8(13)14/h1-5H2,(H,13,14). The lowest BCUT2D eigenvalue weighted by atomic mass is 10.1. The molecule has 0 spiro atoms. The molecule has 0 aromatic carbocycles. The lowest BCUT2D eigenvalue weighted by Gasteiger charge is -2.21. The van der Waals surface area contributed by atoms with E-state index in [0.29, 0.717) is 0 Å². The fraction of sp³-hybridized carbons (Fsp3) is 0.625. The van der Waals surface area contributed by atoms with E-state index in [1.54, 1.807) is 0 Å². The van der Waals surface area contributed by atoms with E-state index >= 15 is 0 Å². The maximum absolute atomic E-state index is 11.8. The largest absolute Gasteiger partial charge is 0.477 e. The third kappa shape index (κ3) is 2.51. The summed E-state index contributed by atoms with van der Waals surface area (Å²) in [4.78, 5) is 21.7. The molecule has 78 valence electrons. The second kappa shape index (κ2) is 4.69. The third-order valence-electron chi connectivity index (χ3n) is 1.86. The molecule has 6 heteroatoms. The summed E-state index contributed by atoms with van der Waals surface area (Å²) in [7, 11) is 0. The normalized spacial score (nSPS) is 16.8. The van der Waals surface area contributed by atoms with Gasteiger partial charge in [-0.1, -0.05) is 0 Å². The Morgan fingerprint density at radius 1 is 1.57 bits per heavy atom. The first-order valence-corrected chi connectivity index (χ1v) is 4.32. The number of hydrogen-bond donors (Lipinski definition) is 1. The number of hydrogen-bond acceptors (Lipinski definition) is 3. The van der Waals surface area contributed by atoms with Crippen molar-refractivity contribution < 1.29 is 19.1 Å². The predicted molar refractivity (Wildman–Crippen MR) is 46.6 cm³/mol. The molecule has 0 aromatic heterocycles. The van der Waals surface area contributed by atoms with Crippen molar-refractivity contribution in [3.05, 3.63) is 0 Å². The summed E-state index contributed by atoms with van der Waals surface area (Å²) in [5, 5.41) is 13.3. The lowest BCUT2D eigenvalue weighted by molar-refractivity contribution is -0.132. The summed E-state index contributed by atoms with van der Waals surface area (Å²) < 4.78 is 11.8. The summed E-state index contributed by atoms with van der Waals surface area (Å²) in [6.45, 7) is -0.395. The molecule has 1 N–H and O–H groups in total. The first-order chi connectivity index (χ1) is 6.65. The molecule has 0 aromatic rings. The lowest BCUT2D eigenvalue weighted by Crippen LogP contribution is -2.35. The molecular formula is C8H11FN2O3. The Hall–Kier alpha value is -1.46. The molecule has 0 unspecified atom stereocenters. The number of halogens is 1. The molecule has 0 atom stereocenters. The second-order valence-electron chi connectivity index (χ2n) is 2.91. The van der Waals surface area contributed by atoms with Crippen molar-refractivity contribution in [2.75, 3.05) is 13.2 Å². The Morgan fingerprint density at radius 2 is 2.29 bits per heavy atom. The predicted octanol–water partition coefficient (Wildman–Crippen LogP) is 0.409. The topological polar surface area (TPSA) is 70.0 Å². The highest BCUT2D eigenvalue weighted by Gasteiger charge is 2.23. The van der Waals surface area contributed by atoms with Crippen LogP contribution in [0.5, 0.6) is 0 Å². The fourth-order valence-electron chi connectivity index (χ4n) is 1.14. The van der Waals surface area contributed by atoms with E-state index in [1.807, 2.05) is 0 Å². The van der Waals surface area contributed by atoms with Crippen LogP contribution in [0.2, 0.25) is 0 Å². The Bertz CT molecular complexity index is 278. The zero-order valence-electron chi connectivity index (χ0n) is 7.57. The Kier molecular flexibility index (Phi) is 3.55. The summed E-state index contributed by atoms with van der Waals surface area (Å²) in [6, 6.07) is 0. The monoisotopic (exact) mass is 202 g/mol. The summed E-state index contributed by atoms with van der Waals surface area (Å²) in [6.07, 6.45) is 0.472. The van der Waals surface area contributed by atoms with Crippen LogP contribution in [0.15, 0.2) is 5.10 Å². The second-order valence-corrected chi connectivity index (χ2v) is 2.91. The van der Waals surface area contributed by atoms with Crippen LogP contribution in [-0.4, -0.2) is 40.9 Å².